The second-order valence-electron chi connectivity index (χ2n) is 4.15. The number of hydrogen-bond donors (Lipinski definition) is 1. The Kier molecular flexibility index (Phi) is 4.33. The predicted molar refractivity (Wildman–Crippen MR) is 70.1 cm³/mol. The Morgan fingerprint density at radius 2 is 2.33 bits per heavy atom. The molecular weight excluding hydrogens is 253 g/mol. The van der Waals surface area contributed by atoms with Gasteiger partial charge in [-0.3, -0.25) is 0 Å². The second-order valence-corrected chi connectivity index (χ2v) is 4.56. The SMILES string of the molecule is CC(NCCn1ccnc1)c1ccc(Cl)c(F)c1. The lowest BCUT2D eigenvalue weighted by Crippen LogP contribution is -2.23. The molecule has 1 unspecified atom stereocenters. The van der Waals surface area contributed by atoms with E-state index in [4.69, 9.17) is 11.6 Å². The van der Waals surface area contributed by atoms with E-state index in [2.05, 4.69) is 10.3 Å². The van der Waals surface area contributed by atoms with Crippen LogP contribution in [0.15, 0.2) is 36.9 Å². The predicted octanol–water partition coefficient (Wildman–Crippen LogP) is 3.03. The molecule has 0 bridgehead atoms. The normalized spacial score (nSPS) is 12.6. The molecule has 0 saturated heterocycles. The van der Waals surface area contributed by atoms with Gasteiger partial charge in [-0.2, -0.15) is 0 Å². The van der Waals surface area contributed by atoms with Gasteiger partial charge in [0.25, 0.3) is 0 Å². The van der Waals surface area contributed by atoms with E-state index in [0.717, 1.165) is 18.7 Å². The van der Waals surface area contributed by atoms with E-state index in [-0.39, 0.29) is 16.9 Å². The lowest BCUT2D eigenvalue weighted by Gasteiger charge is -2.14. The number of hydrogen-bond acceptors (Lipinski definition) is 2. The van der Waals surface area contributed by atoms with Gasteiger partial charge in [0, 0.05) is 31.5 Å². The smallest absolute Gasteiger partial charge is 0.142 e. The fourth-order valence-electron chi connectivity index (χ4n) is 1.73. The van der Waals surface area contributed by atoms with E-state index in [9.17, 15) is 4.39 Å². The van der Waals surface area contributed by atoms with Crippen LogP contribution in [0.25, 0.3) is 0 Å². The molecule has 5 heteroatoms. The summed E-state index contributed by atoms with van der Waals surface area (Å²) in [5.41, 5.74) is 0.891. The van der Waals surface area contributed by atoms with Gasteiger partial charge >= 0.3 is 0 Å². The van der Waals surface area contributed by atoms with E-state index in [1.165, 1.54) is 6.07 Å². The molecule has 1 N–H and O–H groups in total. The van der Waals surface area contributed by atoms with E-state index < -0.39 is 0 Å². The molecule has 0 amide bonds. The molecule has 1 heterocycles. The van der Waals surface area contributed by atoms with Gasteiger partial charge in [-0.15, -0.1) is 0 Å². The van der Waals surface area contributed by atoms with Crippen LogP contribution in [0.2, 0.25) is 5.02 Å². The summed E-state index contributed by atoms with van der Waals surface area (Å²) in [6.45, 7) is 3.62. The quantitative estimate of drug-likeness (QED) is 0.902. The van der Waals surface area contributed by atoms with Crippen molar-refractivity contribution < 1.29 is 4.39 Å². The molecule has 0 saturated carbocycles. The highest BCUT2D eigenvalue weighted by Crippen LogP contribution is 2.19. The Hall–Kier alpha value is -1.39. The van der Waals surface area contributed by atoms with Crippen LogP contribution in [0, 0.1) is 5.82 Å². The topological polar surface area (TPSA) is 29.9 Å². The molecule has 2 aromatic rings. The zero-order valence-corrected chi connectivity index (χ0v) is 10.9. The third-order valence-electron chi connectivity index (χ3n) is 2.82. The van der Waals surface area contributed by atoms with Crippen LogP contribution in [-0.2, 0) is 6.54 Å². The summed E-state index contributed by atoms with van der Waals surface area (Å²) < 4.78 is 15.3. The first-order chi connectivity index (χ1) is 8.66. The van der Waals surface area contributed by atoms with Crippen LogP contribution in [0.3, 0.4) is 0 Å². The van der Waals surface area contributed by atoms with Crippen molar-refractivity contribution >= 4 is 11.6 Å². The molecule has 0 aliphatic rings. The summed E-state index contributed by atoms with van der Waals surface area (Å²) >= 11 is 5.65. The molecule has 1 atom stereocenters. The number of aromatic nitrogens is 2. The Morgan fingerprint density at radius 1 is 1.50 bits per heavy atom. The summed E-state index contributed by atoms with van der Waals surface area (Å²) in [5, 5.41) is 3.48. The van der Waals surface area contributed by atoms with Crippen molar-refractivity contribution in [3.8, 4) is 0 Å². The van der Waals surface area contributed by atoms with Crippen LogP contribution in [0.5, 0.6) is 0 Å². The standard InChI is InChI=1S/C13H15ClFN3/c1-10(11-2-3-12(14)13(15)8-11)17-5-7-18-6-4-16-9-18/h2-4,6,8-10,17H,5,7H2,1H3. The van der Waals surface area contributed by atoms with Crippen LogP contribution in [0.1, 0.15) is 18.5 Å². The average molecular weight is 268 g/mol. The molecule has 96 valence electrons. The fraction of sp³-hybridized carbons (Fsp3) is 0.308. The zero-order chi connectivity index (χ0) is 13.0. The third kappa shape index (κ3) is 3.31. The van der Waals surface area contributed by atoms with Gasteiger partial charge in [-0.1, -0.05) is 17.7 Å². The summed E-state index contributed by atoms with van der Waals surface area (Å²) in [6, 6.07) is 4.97. The van der Waals surface area contributed by atoms with E-state index in [1.54, 1.807) is 18.6 Å². The highest BCUT2D eigenvalue weighted by Gasteiger charge is 2.07. The van der Waals surface area contributed by atoms with Crippen LogP contribution < -0.4 is 5.32 Å². The lowest BCUT2D eigenvalue weighted by molar-refractivity contribution is 0.527. The average Bonchev–Trinajstić information content (AvgIpc) is 2.85. The number of nitrogens with zero attached hydrogens (tertiary/aromatic N) is 2. The minimum Gasteiger partial charge on any atom is -0.336 e. The van der Waals surface area contributed by atoms with Crippen LogP contribution >= 0.6 is 11.6 Å². The van der Waals surface area contributed by atoms with E-state index in [1.807, 2.05) is 23.8 Å². The van der Waals surface area contributed by atoms with Crippen molar-refractivity contribution in [2.24, 2.45) is 0 Å². The Labute approximate surface area is 111 Å². The summed E-state index contributed by atoms with van der Waals surface area (Å²) in [6.07, 6.45) is 5.43. The Morgan fingerprint density at radius 3 is 3.00 bits per heavy atom. The van der Waals surface area contributed by atoms with Crippen molar-refractivity contribution in [3.05, 3.63) is 53.3 Å². The van der Waals surface area contributed by atoms with Gasteiger partial charge in [-0.05, 0) is 24.6 Å². The van der Waals surface area contributed by atoms with Crippen molar-refractivity contribution in [1.82, 2.24) is 14.9 Å². The number of halogens is 2. The summed E-state index contributed by atoms with van der Waals surface area (Å²) in [4.78, 5) is 3.97. The maximum Gasteiger partial charge on any atom is 0.142 e. The molecule has 0 spiro atoms. The first-order valence-electron chi connectivity index (χ1n) is 5.81. The van der Waals surface area contributed by atoms with Crippen molar-refractivity contribution in [2.75, 3.05) is 6.54 Å². The number of rotatable bonds is 5. The molecule has 0 aliphatic heterocycles. The monoisotopic (exact) mass is 267 g/mol. The number of nitrogens with one attached hydrogen (secondary N) is 1. The molecule has 1 aromatic heterocycles. The molecule has 0 aliphatic carbocycles. The zero-order valence-electron chi connectivity index (χ0n) is 10.1. The van der Waals surface area contributed by atoms with Crippen LogP contribution in [0.4, 0.5) is 4.39 Å². The lowest BCUT2D eigenvalue weighted by atomic mass is 10.1. The molecule has 18 heavy (non-hydrogen) atoms. The summed E-state index contributed by atoms with van der Waals surface area (Å²) in [7, 11) is 0. The van der Waals surface area contributed by atoms with Crippen molar-refractivity contribution in [2.45, 2.75) is 19.5 Å². The fourth-order valence-corrected chi connectivity index (χ4v) is 1.85. The van der Waals surface area contributed by atoms with Crippen molar-refractivity contribution in [3.63, 3.8) is 0 Å². The molecule has 2 rings (SSSR count). The minimum atomic E-state index is -0.377. The molecular formula is C13H15ClFN3. The Bertz CT molecular complexity index is 499. The number of imidazole rings is 1. The van der Waals surface area contributed by atoms with Gasteiger partial charge in [0.1, 0.15) is 5.82 Å². The highest BCUT2D eigenvalue weighted by atomic mass is 35.5. The van der Waals surface area contributed by atoms with Gasteiger partial charge < -0.3 is 9.88 Å². The van der Waals surface area contributed by atoms with Gasteiger partial charge in [-0.25, -0.2) is 9.37 Å². The Balaban J connectivity index is 1.87. The van der Waals surface area contributed by atoms with E-state index in [0.29, 0.717) is 0 Å². The van der Waals surface area contributed by atoms with E-state index >= 15 is 0 Å². The third-order valence-corrected chi connectivity index (χ3v) is 3.13. The largest absolute Gasteiger partial charge is 0.336 e. The maximum atomic E-state index is 13.3. The van der Waals surface area contributed by atoms with Crippen LogP contribution in [-0.4, -0.2) is 16.1 Å². The number of benzene rings is 1. The maximum absolute atomic E-state index is 13.3. The first kappa shape index (κ1) is 13.1. The highest BCUT2D eigenvalue weighted by molar-refractivity contribution is 6.30. The molecule has 1 aromatic carbocycles. The molecule has 0 radical (unpaired) electrons. The van der Waals surface area contributed by atoms with Gasteiger partial charge in [0.15, 0.2) is 0 Å². The summed E-state index contributed by atoms with van der Waals surface area (Å²) in [5.74, 6) is -0.377. The van der Waals surface area contributed by atoms with Gasteiger partial charge in [0.2, 0.25) is 0 Å². The van der Waals surface area contributed by atoms with Gasteiger partial charge in [0.05, 0.1) is 11.3 Å². The molecule has 3 nitrogen and oxygen atoms in total. The molecule has 0 fully saturated rings. The first-order valence-corrected chi connectivity index (χ1v) is 6.18. The second kappa shape index (κ2) is 5.98. The minimum absolute atomic E-state index is 0.0836. The van der Waals surface area contributed by atoms with Crippen molar-refractivity contribution in [1.29, 1.82) is 0 Å².